The summed E-state index contributed by atoms with van der Waals surface area (Å²) in [4.78, 5) is 0. The Morgan fingerprint density at radius 3 is 2.25 bits per heavy atom. The van der Waals surface area contributed by atoms with Crippen molar-refractivity contribution in [2.24, 2.45) is 0 Å². The molecule has 0 bridgehead atoms. The van der Waals surface area contributed by atoms with Crippen molar-refractivity contribution in [1.82, 2.24) is 4.31 Å². The van der Waals surface area contributed by atoms with E-state index in [1.54, 1.807) is 13.8 Å². The minimum absolute atomic E-state index is 0.0921. The molecule has 0 spiro atoms. The first kappa shape index (κ1) is 16.6. The topological polar surface area (TPSA) is 75.4 Å². The van der Waals surface area contributed by atoms with Crippen LogP contribution in [0.5, 0.6) is 0 Å². The SMILES string of the molecule is CC(C)N(C)S(=O)(=O)Nc1ccc(C(F)(F)F)cc1N. The van der Waals surface area contributed by atoms with Gasteiger partial charge in [0.25, 0.3) is 0 Å². The maximum Gasteiger partial charge on any atom is 0.416 e. The van der Waals surface area contributed by atoms with Crippen LogP contribution < -0.4 is 10.5 Å². The molecule has 0 radical (unpaired) electrons. The van der Waals surface area contributed by atoms with E-state index in [0.717, 1.165) is 16.4 Å². The summed E-state index contributed by atoms with van der Waals surface area (Å²) >= 11 is 0. The highest BCUT2D eigenvalue weighted by Crippen LogP contribution is 2.33. The molecule has 1 aromatic carbocycles. The van der Waals surface area contributed by atoms with Crippen LogP contribution in [0.25, 0.3) is 0 Å². The van der Waals surface area contributed by atoms with Crippen molar-refractivity contribution in [3.05, 3.63) is 23.8 Å². The molecule has 0 aliphatic heterocycles. The number of rotatable bonds is 4. The molecule has 20 heavy (non-hydrogen) atoms. The highest BCUT2D eigenvalue weighted by molar-refractivity contribution is 7.90. The van der Waals surface area contributed by atoms with Gasteiger partial charge in [0.15, 0.2) is 0 Å². The van der Waals surface area contributed by atoms with Crippen molar-refractivity contribution < 1.29 is 21.6 Å². The molecule has 0 aliphatic rings. The van der Waals surface area contributed by atoms with Crippen LogP contribution in [0.3, 0.4) is 0 Å². The number of nitrogens with two attached hydrogens (primary N) is 1. The van der Waals surface area contributed by atoms with Gasteiger partial charge in [0.05, 0.1) is 16.9 Å². The summed E-state index contributed by atoms with van der Waals surface area (Å²) in [6.45, 7) is 3.32. The van der Waals surface area contributed by atoms with Gasteiger partial charge in [0.2, 0.25) is 0 Å². The minimum Gasteiger partial charge on any atom is -0.397 e. The summed E-state index contributed by atoms with van der Waals surface area (Å²) in [6, 6.07) is 2.14. The maximum absolute atomic E-state index is 12.5. The number of nitrogens with one attached hydrogen (secondary N) is 1. The van der Waals surface area contributed by atoms with E-state index < -0.39 is 21.9 Å². The first-order chi connectivity index (χ1) is 8.95. The summed E-state index contributed by atoms with van der Waals surface area (Å²) in [5.41, 5.74) is 4.14. The second-order valence-electron chi connectivity index (χ2n) is 4.52. The van der Waals surface area contributed by atoms with Crippen LogP contribution in [0, 0.1) is 0 Å². The number of hydrogen-bond donors (Lipinski definition) is 2. The Bertz CT molecular complexity index is 585. The molecule has 1 aromatic rings. The van der Waals surface area contributed by atoms with Crippen molar-refractivity contribution in [3.63, 3.8) is 0 Å². The molecule has 5 nitrogen and oxygen atoms in total. The van der Waals surface area contributed by atoms with E-state index in [4.69, 9.17) is 5.73 Å². The largest absolute Gasteiger partial charge is 0.416 e. The van der Waals surface area contributed by atoms with Crippen LogP contribution in [-0.2, 0) is 16.4 Å². The average Bonchev–Trinajstić information content (AvgIpc) is 2.29. The third kappa shape index (κ3) is 3.76. The Balaban J connectivity index is 3.06. The molecule has 0 heterocycles. The zero-order valence-corrected chi connectivity index (χ0v) is 12.0. The van der Waals surface area contributed by atoms with Crippen molar-refractivity contribution in [1.29, 1.82) is 0 Å². The third-order valence-corrected chi connectivity index (χ3v) is 4.38. The van der Waals surface area contributed by atoms with Crippen LogP contribution in [-0.4, -0.2) is 25.8 Å². The van der Waals surface area contributed by atoms with E-state index in [-0.39, 0.29) is 17.4 Å². The summed E-state index contributed by atoms with van der Waals surface area (Å²) < 4.78 is 64.4. The van der Waals surface area contributed by atoms with E-state index in [2.05, 4.69) is 4.72 Å². The molecular formula is C11H16F3N3O2S. The van der Waals surface area contributed by atoms with E-state index in [0.29, 0.717) is 6.07 Å². The molecule has 0 unspecified atom stereocenters. The van der Waals surface area contributed by atoms with Gasteiger partial charge < -0.3 is 5.73 Å². The van der Waals surface area contributed by atoms with Gasteiger partial charge in [0, 0.05) is 13.1 Å². The quantitative estimate of drug-likeness (QED) is 0.838. The van der Waals surface area contributed by atoms with E-state index in [1.165, 1.54) is 7.05 Å². The van der Waals surface area contributed by atoms with Crippen LogP contribution >= 0.6 is 0 Å². The monoisotopic (exact) mass is 311 g/mol. The molecule has 114 valence electrons. The second-order valence-corrected chi connectivity index (χ2v) is 6.25. The van der Waals surface area contributed by atoms with Gasteiger partial charge in [-0.3, -0.25) is 4.72 Å². The third-order valence-electron chi connectivity index (χ3n) is 2.72. The Kier molecular flexibility index (Phi) is 4.55. The van der Waals surface area contributed by atoms with Gasteiger partial charge in [-0.15, -0.1) is 0 Å². The number of benzene rings is 1. The standard InChI is InChI=1S/C11H16F3N3O2S/c1-7(2)17(3)20(18,19)16-10-5-4-8(6-9(10)15)11(12,13)14/h4-7,16H,15H2,1-3H3. The number of alkyl halides is 3. The highest BCUT2D eigenvalue weighted by atomic mass is 32.2. The lowest BCUT2D eigenvalue weighted by Crippen LogP contribution is -2.37. The fraction of sp³-hybridized carbons (Fsp3) is 0.455. The van der Waals surface area contributed by atoms with Gasteiger partial charge in [-0.1, -0.05) is 0 Å². The van der Waals surface area contributed by atoms with Crippen LogP contribution in [0.15, 0.2) is 18.2 Å². The van der Waals surface area contributed by atoms with Gasteiger partial charge in [0.1, 0.15) is 0 Å². The Morgan fingerprint density at radius 1 is 1.30 bits per heavy atom. The van der Waals surface area contributed by atoms with E-state index in [9.17, 15) is 21.6 Å². The molecule has 1 rings (SSSR count). The maximum atomic E-state index is 12.5. The van der Waals surface area contributed by atoms with Crippen molar-refractivity contribution in [3.8, 4) is 0 Å². The van der Waals surface area contributed by atoms with Gasteiger partial charge in [-0.25, -0.2) is 0 Å². The molecule has 0 fully saturated rings. The zero-order valence-electron chi connectivity index (χ0n) is 11.2. The molecule has 3 N–H and O–H groups in total. The van der Waals surface area contributed by atoms with E-state index >= 15 is 0 Å². The molecule has 9 heteroatoms. The van der Waals surface area contributed by atoms with Gasteiger partial charge in [-0.05, 0) is 32.0 Å². The zero-order chi connectivity index (χ0) is 15.7. The van der Waals surface area contributed by atoms with Crippen molar-refractivity contribution >= 4 is 21.6 Å². The number of anilines is 2. The Hall–Kier alpha value is -1.48. The number of nitrogen functional groups attached to an aromatic ring is 1. The number of nitrogens with zero attached hydrogens (tertiary/aromatic N) is 1. The normalized spacial score (nSPS) is 13.0. The van der Waals surface area contributed by atoms with Crippen molar-refractivity contribution in [2.75, 3.05) is 17.5 Å². The fourth-order valence-electron chi connectivity index (χ4n) is 1.32. The van der Waals surface area contributed by atoms with Crippen LogP contribution in [0.4, 0.5) is 24.5 Å². The molecule has 0 amide bonds. The van der Waals surface area contributed by atoms with Crippen LogP contribution in [0.1, 0.15) is 19.4 Å². The first-order valence-electron chi connectivity index (χ1n) is 5.67. The first-order valence-corrected chi connectivity index (χ1v) is 7.11. The van der Waals surface area contributed by atoms with Gasteiger partial charge in [-0.2, -0.15) is 25.9 Å². The lowest BCUT2D eigenvalue weighted by atomic mass is 10.2. The molecule has 0 saturated heterocycles. The molecule has 0 saturated carbocycles. The molecule has 0 atom stereocenters. The predicted octanol–water partition coefficient (Wildman–Crippen LogP) is 2.28. The summed E-state index contributed by atoms with van der Waals surface area (Å²) in [5.74, 6) is 0. The smallest absolute Gasteiger partial charge is 0.397 e. The summed E-state index contributed by atoms with van der Waals surface area (Å²) in [6.07, 6.45) is -4.53. The second kappa shape index (κ2) is 5.49. The molecule has 0 aromatic heterocycles. The Morgan fingerprint density at radius 2 is 1.85 bits per heavy atom. The summed E-state index contributed by atoms with van der Waals surface area (Å²) in [5, 5.41) is 0. The summed E-state index contributed by atoms with van der Waals surface area (Å²) in [7, 11) is -2.51. The molecule has 0 aliphatic carbocycles. The van der Waals surface area contributed by atoms with E-state index in [1.807, 2.05) is 0 Å². The number of halogens is 3. The van der Waals surface area contributed by atoms with Crippen LogP contribution in [0.2, 0.25) is 0 Å². The number of hydrogen-bond acceptors (Lipinski definition) is 3. The average molecular weight is 311 g/mol. The highest BCUT2D eigenvalue weighted by Gasteiger charge is 2.31. The Labute approximate surface area is 115 Å². The predicted molar refractivity (Wildman–Crippen MR) is 71.3 cm³/mol. The van der Waals surface area contributed by atoms with Crippen molar-refractivity contribution in [2.45, 2.75) is 26.1 Å². The fourth-order valence-corrected chi connectivity index (χ4v) is 2.48. The lowest BCUT2D eigenvalue weighted by molar-refractivity contribution is -0.137. The molecular weight excluding hydrogens is 295 g/mol. The van der Waals surface area contributed by atoms with Gasteiger partial charge >= 0.3 is 16.4 Å². The minimum atomic E-state index is -4.53. The lowest BCUT2D eigenvalue weighted by Gasteiger charge is -2.22.